The monoisotopic (exact) mass is 194 g/mol. The first-order valence-corrected chi connectivity index (χ1v) is 4.02. The Hall–Kier alpha value is -1.84. The van der Waals surface area contributed by atoms with Gasteiger partial charge in [0.2, 0.25) is 0 Å². The molecule has 0 spiro atoms. The van der Waals surface area contributed by atoms with Gasteiger partial charge in [-0.05, 0) is 12.1 Å². The summed E-state index contributed by atoms with van der Waals surface area (Å²) in [6.07, 6.45) is 0. The maximum Gasteiger partial charge on any atom is 0.193 e. The fraction of sp³-hybridized carbons (Fsp3) is 0.100. The Balaban J connectivity index is 2.84. The average molecular weight is 194 g/mol. The molecule has 0 aliphatic carbocycles. The van der Waals surface area contributed by atoms with Gasteiger partial charge in [0.1, 0.15) is 23.8 Å². The van der Waals surface area contributed by atoms with E-state index >= 15 is 0 Å². The smallest absolute Gasteiger partial charge is 0.193 e. The van der Waals surface area contributed by atoms with Gasteiger partial charge in [-0.1, -0.05) is 0 Å². The highest BCUT2D eigenvalue weighted by atomic mass is 19.1. The van der Waals surface area contributed by atoms with Gasteiger partial charge in [-0.2, -0.15) is 0 Å². The van der Waals surface area contributed by atoms with Crippen LogP contribution < -0.4 is 5.43 Å². The zero-order chi connectivity index (χ0) is 10.1. The molecule has 0 fully saturated rings. The minimum Gasteiger partial charge on any atom is -0.508 e. The van der Waals surface area contributed by atoms with Gasteiger partial charge in [-0.15, -0.1) is 0 Å². The summed E-state index contributed by atoms with van der Waals surface area (Å²) in [4.78, 5) is 11.4. The van der Waals surface area contributed by atoms with E-state index in [0.29, 0.717) is 5.39 Å². The number of hydrogen-bond donors (Lipinski definition) is 1. The van der Waals surface area contributed by atoms with Crippen molar-refractivity contribution in [2.75, 3.05) is 0 Å². The van der Waals surface area contributed by atoms with Gasteiger partial charge >= 0.3 is 0 Å². The first-order valence-electron chi connectivity index (χ1n) is 4.02. The Labute approximate surface area is 78.4 Å². The quantitative estimate of drug-likeness (QED) is 0.754. The van der Waals surface area contributed by atoms with Crippen molar-refractivity contribution in [2.24, 2.45) is 0 Å². The van der Waals surface area contributed by atoms with Crippen LogP contribution in [0.3, 0.4) is 0 Å². The number of aromatic hydroxyl groups is 1. The van der Waals surface area contributed by atoms with E-state index < -0.39 is 6.67 Å². The van der Waals surface area contributed by atoms with E-state index in [9.17, 15) is 9.18 Å². The maximum atomic E-state index is 12.2. The Morgan fingerprint density at radius 1 is 1.36 bits per heavy atom. The molecule has 0 unspecified atom stereocenters. The highest BCUT2D eigenvalue weighted by Crippen LogP contribution is 2.18. The maximum absolute atomic E-state index is 12.2. The Morgan fingerprint density at radius 3 is 2.86 bits per heavy atom. The molecule has 0 saturated carbocycles. The average Bonchev–Trinajstić information content (AvgIpc) is 2.16. The third kappa shape index (κ3) is 1.35. The number of alkyl halides is 1. The Kier molecular flexibility index (Phi) is 1.96. The molecule has 0 atom stereocenters. The summed E-state index contributed by atoms with van der Waals surface area (Å²) in [5, 5.41) is 9.46. The van der Waals surface area contributed by atoms with Crippen molar-refractivity contribution in [3.8, 4) is 5.75 Å². The molecule has 2 rings (SSSR count). The predicted molar refractivity (Wildman–Crippen MR) is 49.0 cm³/mol. The fourth-order valence-electron chi connectivity index (χ4n) is 1.26. The molecule has 0 bridgehead atoms. The molecular weight excluding hydrogens is 187 g/mol. The van der Waals surface area contributed by atoms with Crippen LogP contribution in [0, 0.1) is 0 Å². The minimum absolute atomic E-state index is 0.0170. The van der Waals surface area contributed by atoms with Crippen molar-refractivity contribution in [1.82, 2.24) is 0 Å². The van der Waals surface area contributed by atoms with Gasteiger partial charge in [0, 0.05) is 12.1 Å². The van der Waals surface area contributed by atoms with E-state index in [1.54, 1.807) is 0 Å². The molecule has 1 heterocycles. The van der Waals surface area contributed by atoms with Gasteiger partial charge in [0.15, 0.2) is 5.43 Å². The molecule has 0 aliphatic rings. The van der Waals surface area contributed by atoms with Crippen LogP contribution in [0.5, 0.6) is 5.75 Å². The van der Waals surface area contributed by atoms with Crippen LogP contribution in [0.1, 0.15) is 5.76 Å². The van der Waals surface area contributed by atoms with E-state index in [2.05, 4.69) is 0 Å². The van der Waals surface area contributed by atoms with Crippen LogP contribution in [0.15, 0.2) is 33.5 Å². The fourth-order valence-corrected chi connectivity index (χ4v) is 1.26. The van der Waals surface area contributed by atoms with Crippen LogP contribution in [-0.2, 0) is 6.67 Å². The van der Waals surface area contributed by atoms with Gasteiger partial charge in [-0.3, -0.25) is 4.79 Å². The van der Waals surface area contributed by atoms with Crippen LogP contribution >= 0.6 is 0 Å². The number of rotatable bonds is 1. The normalized spacial score (nSPS) is 10.6. The molecule has 14 heavy (non-hydrogen) atoms. The molecule has 4 heteroatoms. The second-order valence-corrected chi connectivity index (χ2v) is 2.89. The summed E-state index contributed by atoms with van der Waals surface area (Å²) in [6.45, 7) is -0.833. The highest BCUT2D eigenvalue weighted by molar-refractivity contribution is 5.77. The van der Waals surface area contributed by atoms with Crippen molar-refractivity contribution in [2.45, 2.75) is 6.67 Å². The van der Waals surface area contributed by atoms with E-state index in [-0.39, 0.29) is 22.5 Å². The van der Waals surface area contributed by atoms with Crippen molar-refractivity contribution in [3.63, 3.8) is 0 Å². The van der Waals surface area contributed by atoms with Crippen LogP contribution in [0.25, 0.3) is 11.0 Å². The number of benzene rings is 1. The molecule has 72 valence electrons. The minimum atomic E-state index is -0.833. The van der Waals surface area contributed by atoms with E-state index in [1.807, 2.05) is 0 Å². The van der Waals surface area contributed by atoms with Gasteiger partial charge in [0.25, 0.3) is 0 Å². The van der Waals surface area contributed by atoms with E-state index in [1.165, 1.54) is 18.2 Å². The predicted octanol–water partition coefficient (Wildman–Crippen LogP) is 1.97. The van der Waals surface area contributed by atoms with Crippen molar-refractivity contribution in [1.29, 1.82) is 0 Å². The standard InChI is InChI=1S/C10H7FO3/c11-5-7-4-9(13)8-2-1-6(12)3-10(8)14-7/h1-4,12H,5H2. The lowest BCUT2D eigenvalue weighted by Crippen LogP contribution is -2.00. The number of fused-ring (bicyclic) bond motifs is 1. The van der Waals surface area contributed by atoms with Gasteiger partial charge < -0.3 is 9.52 Å². The molecule has 1 aromatic carbocycles. The molecule has 2 aromatic rings. The van der Waals surface area contributed by atoms with Crippen molar-refractivity contribution in [3.05, 3.63) is 40.2 Å². The van der Waals surface area contributed by atoms with Crippen LogP contribution in [0.4, 0.5) is 4.39 Å². The second-order valence-electron chi connectivity index (χ2n) is 2.89. The Morgan fingerprint density at radius 2 is 2.14 bits per heavy atom. The topological polar surface area (TPSA) is 50.4 Å². The lowest BCUT2D eigenvalue weighted by molar-refractivity contribution is 0.400. The van der Waals surface area contributed by atoms with Crippen LogP contribution in [-0.4, -0.2) is 5.11 Å². The largest absolute Gasteiger partial charge is 0.508 e. The van der Waals surface area contributed by atoms with Crippen molar-refractivity contribution < 1.29 is 13.9 Å². The lowest BCUT2D eigenvalue weighted by Gasteiger charge is -1.99. The zero-order valence-electron chi connectivity index (χ0n) is 7.16. The molecule has 3 nitrogen and oxygen atoms in total. The van der Waals surface area contributed by atoms with Crippen LogP contribution in [0.2, 0.25) is 0 Å². The second kappa shape index (κ2) is 3.14. The molecule has 0 amide bonds. The molecule has 1 N–H and O–H groups in total. The molecule has 1 aromatic heterocycles. The summed E-state index contributed by atoms with van der Waals surface area (Å²) in [7, 11) is 0. The Bertz CT molecular complexity index is 530. The first-order chi connectivity index (χ1) is 6.70. The lowest BCUT2D eigenvalue weighted by atomic mass is 10.2. The van der Waals surface area contributed by atoms with Gasteiger partial charge in [-0.25, -0.2) is 4.39 Å². The number of hydrogen-bond acceptors (Lipinski definition) is 3. The number of phenolic OH excluding ortho intramolecular Hbond substituents is 1. The number of phenols is 1. The zero-order valence-corrected chi connectivity index (χ0v) is 7.16. The van der Waals surface area contributed by atoms with E-state index in [0.717, 1.165) is 6.07 Å². The third-order valence-corrected chi connectivity index (χ3v) is 1.90. The number of halogens is 1. The summed E-state index contributed by atoms with van der Waals surface area (Å²) >= 11 is 0. The summed E-state index contributed by atoms with van der Waals surface area (Å²) in [5.74, 6) is -0.0511. The van der Waals surface area contributed by atoms with Crippen molar-refractivity contribution >= 4 is 11.0 Å². The first kappa shape index (κ1) is 8.74. The summed E-state index contributed by atoms with van der Waals surface area (Å²) < 4.78 is 17.3. The third-order valence-electron chi connectivity index (χ3n) is 1.90. The molecule has 0 aliphatic heterocycles. The SMILES string of the molecule is O=c1cc(CF)oc2cc(O)ccc12. The highest BCUT2D eigenvalue weighted by Gasteiger charge is 2.04. The molecule has 0 saturated heterocycles. The van der Waals surface area contributed by atoms with E-state index in [4.69, 9.17) is 9.52 Å². The molecule has 0 radical (unpaired) electrons. The summed E-state index contributed by atoms with van der Waals surface area (Å²) in [6, 6.07) is 5.22. The molecular formula is C10H7FO3. The van der Waals surface area contributed by atoms with Gasteiger partial charge in [0.05, 0.1) is 5.39 Å². The summed E-state index contributed by atoms with van der Waals surface area (Å²) in [5.41, 5.74) is -0.107.